The molecule has 9 heteroatoms. The van der Waals surface area contributed by atoms with Gasteiger partial charge in [0.25, 0.3) is 0 Å². The number of carboxylic acid groups (broad SMARTS) is 1. The van der Waals surface area contributed by atoms with Crippen molar-refractivity contribution in [2.24, 2.45) is 0 Å². The van der Waals surface area contributed by atoms with Gasteiger partial charge in [0.05, 0.1) is 0 Å². The lowest BCUT2D eigenvalue weighted by Crippen LogP contribution is -2.53. The van der Waals surface area contributed by atoms with Crippen LogP contribution in [0.15, 0.2) is 91.1 Å². The maximum absolute atomic E-state index is 13.3. The van der Waals surface area contributed by atoms with Crippen molar-refractivity contribution in [3.05, 3.63) is 108 Å². The number of aromatic amines is 1. The molecule has 0 radical (unpaired) electrons. The molecule has 0 saturated heterocycles. The Morgan fingerprint density at radius 1 is 0.842 bits per heavy atom. The molecule has 8 nitrogen and oxygen atoms in total. The second-order valence-electron chi connectivity index (χ2n) is 8.72. The van der Waals surface area contributed by atoms with E-state index in [-0.39, 0.29) is 18.8 Å². The molecule has 4 rings (SSSR count). The van der Waals surface area contributed by atoms with Gasteiger partial charge in [0.1, 0.15) is 18.7 Å². The molecule has 0 aliphatic carbocycles. The van der Waals surface area contributed by atoms with Gasteiger partial charge in [-0.1, -0.05) is 78.9 Å². The topological polar surface area (TPSA) is 121 Å². The largest absolute Gasteiger partial charge is 0.480 e. The van der Waals surface area contributed by atoms with E-state index >= 15 is 0 Å². The van der Waals surface area contributed by atoms with Crippen LogP contribution in [0, 0.1) is 0 Å². The third-order valence-electron chi connectivity index (χ3n) is 5.93. The van der Waals surface area contributed by atoms with E-state index in [1.807, 2.05) is 84.9 Å². The molecule has 0 bridgehead atoms. The maximum atomic E-state index is 13.3. The Labute approximate surface area is 224 Å². The first-order valence-corrected chi connectivity index (χ1v) is 13.3. The summed E-state index contributed by atoms with van der Waals surface area (Å²) in [4.78, 5) is 41.0. The molecule has 0 saturated carbocycles. The molecule has 1 heterocycles. The highest BCUT2D eigenvalue weighted by Crippen LogP contribution is 2.20. The molecule has 4 aromatic rings. The van der Waals surface area contributed by atoms with E-state index in [1.54, 1.807) is 6.20 Å². The second-order valence-corrected chi connectivity index (χ2v) is 9.75. The molecule has 4 N–H and O–H groups in total. The monoisotopic (exact) mass is 531 g/mol. The normalized spacial score (nSPS) is 12.4. The third-order valence-corrected chi connectivity index (χ3v) is 7.04. The molecule has 0 spiro atoms. The van der Waals surface area contributed by atoms with Crippen LogP contribution in [-0.4, -0.2) is 45.9 Å². The van der Waals surface area contributed by atoms with Crippen molar-refractivity contribution in [1.82, 2.24) is 15.6 Å². The summed E-state index contributed by atoms with van der Waals surface area (Å²) in [6, 6.07) is 24.3. The molecule has 0 fully saturated rings. The van der Waals surface area contributed by atoms with Crippen molar-refractivity contribution in [3.63, 3.8) is 0 Å². The average molecular weight is 532 g/mol. The molecule has 2 amide bonds. The number of hydrogen-bond acceptors (Lipinski definition) is 5. The number of hydrogen-bond donors (Lipinski definition) is 4. The Morgan fingerprint density at radius 2 is 1.50 bits per heavy atom. The summed E-state index contributed by atoms with van der Waals surface area (Å²) >= 11 is 1.41. The summed E-state index contributed by atoms with van der Waals surface area (Å²) in [5, 5.41) is 15.9. The Bertz CT molecular complexity index is 1360. The molecule has 0 aliphatic rings. The number of amides is 2. The molecule has 38 heavy (non-hydrogen) atoms. The number of ether oxygens (including phenoxy) is 1. The van der Waals surface area contributed by atoms with Gasteiger partial charge in [-0.05, 0) is 22.8 Å². The minimum atomic E-state index is -1.14. The van der Waals surface area contributed by atoms with Crippen LogP contribution >= 0.6 is 11.8 Å². The third kappa shape index (κ3) is 7.63. The van der Waals surface area contributed by atoms with Crippen LogP contribution in [0.5, 0.6) is 0 Å². The average Bonchev–Trinajstić information content (AvgIpc) is 3.34. The van der Waals surface area contributed by atoms with Gasteiger partial charge < -0.3 is 25.5 Å². The zero-order valence-electron chi connectivity index (χ0n) is 20.6. The standard InChI is InChI=1S/C29H29N3O5S/c33-27(31-26(28(34)35)19-38-18-21-11-5-2-6-12-21)25(15-22-16-30-24-14-8-7-13-23(22)24)32-29(36)37-17-20-9-3-1-4-10-20/h1-14,16,25-26,30H,15,17-19H2,(H,31,33)(H,32,36)(H,34,35). The number of carbonyl (C=O) groups is 3. The molecule has 0 aliphatic heterocycles. The highest BCUT2D eigenvalue weighted by Gasteiger charge is 2.28. The predicted molar refractivity (Wildman–Crippen MR) is 148 cm³/mol. The zero-order valence-corrected chi connectivity index (χ0v) is 21.4. The number of fused-ring (bicyclic) bond motifs is 1. The van der Waals surface area contributed by atoms with Crippen molar-refractivity contribution < 1.29 is 24.2 Å². The van der Waals surface area contributed by atoms with E-state index in [1.165, 1.54) is 11.8 Å². The number of rotatable bonds is 12. The smallest absolute Gasteiger partial charge is 0.408 e. The molecular formula is C29H29N3O5S. The van der Waals surface area contributed by atoms with E-state index in [9.17, 15) is 19.5 Å². The summed E-state index contributed by atoms with van der Waals surface area (Å²) in [5.41, 5.74) is 3.58. The first-order valence-electron chi connectivity index (χ1n) is 12.2. The van der Waals surface area contributed by atoms with Crippen molar-refractivity contribution in [1.29, 1.82) is 0 Å². The van der Waals surface area contributed by atoms with Gasteiger partial charge in [-0.3, -0.25) is 4.79 Å². The van der Waals surface area contributed by atoms with Gasteiger partial charge in [0.15, 0.2) is 0 Å². The van der Waals surface area contributed by atoms with Gasteiger partial charge in [0, 0.05) is 35.0 Å². The number of thioether (sulfide) groups is 1. The number of carboxylic acids is 1. The number of carbonyl (C=O) groups excluding carboxylic acids is 2. The highest BCUT2D eigenvalue weighted by atomic mass is 32.2. The number of nitrogens with one attached hydrogen (secondary N) is 3. The first-order chi connectivity index (χ1) is 18.5. The van der Waals surface area contributed by atoms with E-state index in [4.69, 9.17) is 4.74 Å². The van der Waals surface area contributed by atoms with Gasteiger partial charge >= 0.3 is 12.1 Å². The van der Waals surface area contributed by atoms with Crippen LogP contribution < -0.4 is 10.6 Å². The maximum Gasteiger partial charge on any atom is 0.408 e. The molecule has 3 aromatic carbocycles. The SMILES string of the molecule is O=C(NC(Cc1c[nH]c2ccccc12)C(=O)NC(CSCc1ccccc1)C(=O)O)OCc1ccccc1. The van der Waals surface area contributed by atoms with Gasteiger partial charge in [-0.15, -0.1) is 0 Å². The molecule has 1 aromatic heterocycles. The Hall–Kier alpha value is -4.24. The van der Waals surface area contributed by atoms with Crippen molar-refractivity contribution >= 4 is 40.6 Å². The lowest BCUT2D eigenvalue weighted by atomic mass is 10.0. The number of alkyl carbamates (subject to hydrolysis) is 1. The minimum Gasteiger partial charge on any atom is -0.480 e. The Kier molecular flexibility index (Phi) is 9.42. The van der Waals surface area contributed by atoms with E-state index in [2.05, 4.69) is 15.6 Å². The number of aliphatic carboxylic acids is 1. The van der Waals surface area contributed by atoms with Crippen LogP contribution in [0.2, 0.25) is 0 Å². The number of H-pyrrole nitrogens is 1. The van der Waals surface area contributed by atoms with Crippen LogP contribution in [0.3, 0.4) is 0 Å². The van der Waals surface area contributed by atoms with Gasteiger partial charge in [0.2, 0.25) is 5.91 Å². The lowest BCUT2D eigenvalue weighted by Gasteiger charge is -2.21. The fraction of sp³-hybridized carbons (Fsp3) is 0.207. The lowest BCUT2D eigenvalue weighted by molar-refractivity contribution is -0.141. The number of aromatic nitrogens is 1. The van der Waals surface area contributed by atoms with Crippen LogP contribution in [0.4, 0.5) is 4.79 Å². The fourth-order valence-electron chi connectivity index (χ4n) is 3.95. The van der Waals surface area contributed by atoms with E-state index in [0.717, 1.165) is 27.6 Å². The van der Waals surface area contributed by atoms with Gasteiger partial charge in [-0.25, -0.2) is 9.59 Å². The first kappa shape index (κ1) is 26.8. The second kappa shape index (κ2) is 13.3. The summed E-state index contributed by atoms with van der Waals surface area (Å²) < 4.78 is 5.32. The highest BCUT2D eigenvalue weighted by molar-refractivity contribution is 7.98. The zero-order chi connectivity index (χ0) is 26.7. The van der Waals surface area contributed by atoms with Gasteiger partial charge in [-0.2, -0.15) is 11.8 Å². The fourth-order valence-corrected chi connectivity index (χ4v) is 4.96. The van der Waals surface area contributed by atoms with Crippen molar-refractivity contribution in [2.75, 3.05) is 5.75 Å². The molecular weight excluding hydrogens is 502 g/mol. The van der Waals surface area contributed by atoms with Crippen LogP contribution in [0.25, 0.3) is 10.9 Å². The summed E-state index contributed by atoms with van der Waals surface area (Å²) in [6.07, 6.45) is 1.17. The Balaban J connectivity index is 1.43. The van der Waals surface area contributed by atoms with Crippen molar-refractivity contribution in [3.8, 4) is 0 Å². The number of benzene rings is 3. The van der Waals surface area contributed by atoms with E-state index < -0.39 is 30.1 Å². The van der Waals surface area contributed by atoms with E-state index in [0.29, 0.717) is 5.75 Å². The molecule has 2 unspecified atom stereocenters. The summed E-state index contributed by atoms with van der Waals surface area (Å²) in [7, 11) is 0. The van der Waals surface area contributed by atoms with Crippen LogP contribution in [-0.2, 0) is 33.1 Å². The quantitative estimate of drug-likeness (QED) is 0.214. The Morgan fingerprint density at radius 3 is 2.21 bits per heavy atom. The minimum absolute atomic E-state index is 0.0436. The summed E-state index contributed by atoms with van der Waals surface area (Å²) in [5.74, 6) is -0.951. The van der Waals surface area contributed by atoms with Crippen LogP contribution in [0.1, 0.15) is 16.7 Å². The summed E-state index contributed by atoms with van der Waals surface area (Å²) in [6.45, 7) is 0.0436. The molecule has 196 valence electrons. The number of para-hydroxylation sites is 1. The van der Waals surface area contributed by atoms with Crippen molar-refractivity contribution in [2.45, 2.75) is 30.9 Å². The predicted octanol–water partition coefficient (Wildman–Crippen LogP) is 4.51. The molecule has 2 atom stereocenters.